The van der Waals surface area contributed by atoms with E-state index in [0.717, 1.165) is 49.9 Å². The predicted molar refractivity (Wildman–Crippen MR) is 157 cm³/mol. The SMILES string of the molecule is C=CCCCCS(=O)(=O)C1CCc2ccccc2C12COc1ccc(C(N)=O)cc1N(C[C@@H]1CC[C@H]1C=C)C2. The number of benzene rings is 2. The molecule has 1 fully saturated rings. The minimum Gasteiger partial charge on any atom is -0.490 e. The minimum atomic E-state index is -3.43. The predicted octanol–water partition coefficient (Wildman–Crippen LogP) is 5.22. The molecule has 1 spiro atoms. The van der Waals surface area contributed by atoms with Crippen LogP contribution in [0.25, 0.3) is 0 Å². The van der Waals surface area contributed by atoms with Crippen molar-refractivity contribution >= 4 is 21.4 Å². The Kier molecular flexibility index (Phi) is 7.90. The summed E-state index contributed by atoms with van der Waals surface area (Å²) in [5.74, 6) is 1.17. The number of aryl methyl sites for hydroxylation is 1. The smallest absolute Gasteiger partial charge is 0.248 e. The lowest BCUT2D eigenvalue weighted by Gasteiger charge is -2.47. The van der Waals surface area contributed by atoms with Crippen molar-refractivity contribution in [3.05, 3.63) is 84.5 Å². The van der Waals surface area contributed by atoms with E-state index in [4.69, 9.17) is 10.5 Å². The van der Waals surface area contributed by atoms with Gasteiger partial charge >= 0.3 is 0 Å². The molecular formula is C32H40N2O4S. The third kappa shape index (κ3) is 5.25. The Bertz CT molecular complexity index is 1350. The van der Waals surface area contributed by atoms with E-state index in [-0.39, 0.29) is 12.4 Å². The van der Waals surface area contributed by atoms with Crippen LogP contribution in [0.4, 0.5) is 5.69 Å². The Hall–Kier alpha value is -3.06. The van der Waals surface area contributed by atoms with Crippen molar-refractivity contribution in [2.75, 3.05) is 30.3 Å². The van der Waals surface area contributed by atoms with Gasteiger partial charge in [-0.2, -0.15) is 0 Å². The van der Waals surface area contributed by atoms with Crippen LogP contribution >= 0.6 is 0 Å². The number of fused-ring (bicyclic) bond motifs is 3. The van der Waals surface area contributed by atoms with Gasteiger partial charge in [-0.05, 0) is 86.1 Å². The van der Waals surface area contributed by atoms with Gasteiger partial charge in [-0.25, -0.2) is 8.42 Å². The maximum absolute atomic E-state index is 14.1. The fourth-order valence-electron chi connectivity index (χ4n) is 6.87. The van der Waals surface area contributed by atoms with E-state index in [1.165, 1.54) is 5.56 Å². The van der Waals surface area contributed by atoms with Crippen molar-refractivity contribution in [1.29, 1.82) is 0 Å². The first-order valence-electron chi connectivity index (χ1n) is 14.1. The molecule has 208 valence electrons. The van der Waals surface area contributed by atoms with Crippen LogP contribution in [-0.2, 0) is 21.7 Å². The summed E-state index contributed by atoms with van der Waals surface area (Å²) in [4.78, 5) is 14.4. The van der Waals surface area contributed by atoms with Crippen molar-refractivity contribution in [3.63, 3.8) is 0 Å². The first-order valence-corrected chi connectivity index (χ1v) is 15.9. The topological polar surface area (TPSA) is 89.7 Å². The summed E-state index contributed by atoms with van der Waals surface area (Å²) in [7, 11) is -3.43. The van der Waals surface area contributed by atoms with Crippen LogP contribution in [0.5, 0.6) is 5.75 Å². The number of allylic oxidation sites excluding steroid dienone is 2. The van der Waals surface area contributed by atoms with E-state index in [1.807, 2.05) is 30.4 Å². The zero-order valence-electron chi connectivity index (χ0n) is 22.7. The third-order valence-corrected chi connectivity index (χ3v) is 11.6. The van der Waals surface area contributed by atoms with Crippen molar-refractivity contribution < 1.29 is 17.9 Å². The number of anilines is 1. The standard InChI is InChI=1S/C32H40N2O4S/c1-3-5-6-9-18-39(36,37)30-17-15-24-10-7-8-11-27(24)32(30)21-34(20-26-13-12-23(26)4-2)28-19-25(31(33)35)14-16-29(28)38-22-32/h3-4,7-8,10-11,14,16,19,23,26,30H,1-2,5-6,9,12-13,15,17-18,20-22H2,(H2,33,35)/t23-,26+,30?,32?/m1/s1. The number of nitrogens with zero attached hydrogens (tertiary/aromatic N) is 1. The molecule has 2 unspecified atom stereocenters. The average Bonchev–Trinajstić information content (AvgIpc) is 3.07. The molecule has 1 amide bonds. The monoisotopic (exact) mass is 548 g/mol. The second-order valence-electron chi connectivity index (χ2n) is 11.4. The highest BCUT2D eigenvalue weighted by Gasteiger charge is 2.53. The number of sulfone groups is 1. The lowest BCUT2D eigenvalue weighted by atomic mass is 9.69. The molecule has 2 aliphatic carbocycles. The first-order chi connectivity index (χ1) is 18.8. The molecule has 6 nitrogen and oxygen atoms in total. The number of amides is 1. The van der Waals surface area contributed by atoms with E-state index in [9.17, 15) is 13.2 Å². The van der Waals surface area contributed by atoms with Gasteiger partial charge in [-0.1, -0.05) is 36.4 Å². The van der Waals surface area contributed by atoms with E-state index in [0.29, 0.717) is 42.5 Å². The Morgan fingerprint density at radius 2 is 1.95 bits per heavy atom. The Morgan fingerprint density at radius 3 is 2.67 bits per heavy atom. The fraction of sp³-hybridized carbons (Fsp3) is 0.469. The van der Waals surface area contributed by atoms with Gasteiger partial charge in [0.2, 0.25) is 5.91 Å². The van der Waals surface area contributed by atoms with Gasteiger partial charge in [0.25, 0.3) is 0 Å². The summed E-state index contributed by atoms with van der Waals surface area (Å²) in [5.41, 5.74) is 8.40. The first kappa shape index (κ1) is 27.5. The molecule has 0 bridgehead atoms. The number of hydrogen-bond donors (Lipinski definition) is 1. The van der Waals surface area contributed by atoms with Crippen molar-refractivity contribution in [2.24, 2.45) is 17.6 Å². The molecule has 0 aromatic heterocycles. The lowest BCUT2D eigenvalue weighted by molar-refractivity contribution is 0.1000. The van der Waals surface area contributed by atoms with Gasteiger partial charge in [0.1, 0.15) is 12.4 Å². The van der Waals surface area contributed by atoms with Crippen molar-refractivity contribution in [3.8, 4) is 5.75 Å². The molecule has 5 rings (SSSR count). The number of primary amides is 1. The van der Waals surface area contributed by atoms with E-state index in [2.05, 4.69) is 30.2 Å². The van der Waals surface area contributed by atoms with Gasteiger partial charge in [-0.15, -0.1) is 13.2 Å². The Labute approximate surface area is 232 Å². The van der Waals surface area contributed by atoms with Crippen molar-refractivity contribution in [2.45, 2.75) is 55.6 Å². The highest BCUT2D eigenvalue weighted by Crippen LogP contribution is 2.48. The number of nitrogens with two attached hydrogens (primary N) is 1. The molecule has 2 aromatic carbocycles. The van der Waals surface area contributed by atoms with E-state index < -0.39 is 26.4 Å². The zero-order chi connectivity index (χ0) is 27.6. The quantitative estimate of drug-likeness (QED) is 0.325. The molecule has 1 aliphatic heterocycles. The molecule has 0 saturated heterocycles. The number of hydrogen-bond acceptors (Lipinski definition) is 5. The molecule has 39 heavy (non-hydrogen) atoms. The van der Waals surface area contributed by atoms with Crippen molar-refractivity contribution in [1.82, 2.24) is 0 Å². The Morgan fingerprint density at radius 1 is 1.13 bits per heavy atom. The van der Waals surface area contributed by atoms with Crippen LogP contribution in [-0.4, -0.2) is 45.0 Å². The van der Waals surface area contributed by atoms with Gasteiger partial charge in [0.15, 0.2) is 9.84 Å². The van der Waals surface area contributed by atoms with Crippen LogP contribution in [0.2, 0.25) is 0 Å². The fourth-order valence-corrected chi connectivity index (χ4v) is 9.20. The van der Waals surface area contributed by atoms with Gasteiger partial charge in [0.05, 0.1) is 22.1 Å². The number of unbranched alkanes of at least 4 members (excludes halogenated alkanes) is 2. The summed E-state index contributed by atoms with van der Waals surface area (Å²) >= 11 is 0. The van der Waals surface area contributed by atoms with Crippen LogP contribution in [0.15, 0.2) is 67.8 Å². The Balaban J connectivity index is 1.60. The number of carbonyl (C=O) groups is 1. The molecule has 2 N–H and O–H groups in total. The van der Waals surface area contributed by atoms with E-state index >= 15 is 0 Å². The third-order valence-electron chi connectivity index (χ3n) is 9.14. The molecular weight excluding hydrogens is 508 g/mol. The molecule has 7 heteroatoms. The summed E-state index contributed by atoms with van der Waals surface area (Å²) < 4.78 is 34.7. The van der Waals surface area contributed by atoms with E-state index in [1.54, 1.807) is 12.1 Å². The van der Waals surface area contributed by atoms with Gasteiger partial charge in [-0.3, -0.25) is 4.79 Å². The maximum Gasteiger partial charge on any atom is 0.248 e. The van der Waals surface area contributed by atoms with Crippen LogP contribution in [0.1, 0.15) is 60.0 Å². The normalized spacial score (nSPS) is 25.9. The van der Waals surface area contributed by atoms with Crippen LogP contribution in [0.3, 0.4) is 0 Å². The molecule has 4 atom stereocenters. The largest absolute Gasteiger partial charge is 0.490 e. The summed E-state index contributed by atoms with van der Waals surface area (Å²) in [6.45, 7) is 9.31. The van der Waals surface area contributed by atoms with Crippen LogP contribution < -0.4 is 15.4 Å². The number of ether oxygens (including phenoxy) is 1. The molecule has 1 saturated carbocycles. The molecule has 2 aromatic rings. The highest BCUT2D eigenvalue weighted by atomic mass is 32.2. The average molecular weight is 549 g/mol. The second-order valence-corrected chi connectivity index (χ2v) is 13.7. The lowest BCUT2D eigenvalue weighted by Crippen LogP contribution is -2.58. The molecule has 3 aliphatic rings. The maximum atomic E-state index is 14.1. The second kappa shape index (κ2) is 11.2. The molecule has 0 radical (unpaired) electrons. The van der Waals surface area contributed by atoms with Crippen LogP contribution in [0, 0.1) is 11.8 Å². The highest BCUT2D eigenvalue weighted by molar-refractivity contribution is 7.92. The number of rotatable bonds is 10. The summed E-state index contributed by atoms with van der Waals surface area (Å²) in [6, 6.07) is 13.6. The molecule has 1 heterocycles. The van der Waals surface area contributed by atoms with Gasteiger partial charge < -0.3 is 15.4 Å². The number of carbonyl (C=O) groups excluding carboxylic acids is 1. The summed E-state index contributed by atoms with van der Waals surface area (Å²) in [6.07, 6.45) is 9.63. The zero-order valence-corrected chi connectivity index (χ0v) is 23.5. The van der Waals surface area contributed by atoms with Gasteiger partial charge in [0, 0.05) is 18.7 Å². The summed E-state index contributed by atoms with van der Waals surface area (Å²) in [5, 5.41) is -0.562. The minimum absolute atomic E-state index is 0.162.